The number of hydrogen-bond donors (Lipinski definition) is 0. The molecular weight excluding hydrogens is 238 g/mol. The van der Waals surface area contributed by atoms with E-state index in [1.54, 1.807) is 18.2 Å². The first-order chi connectivity index (χ1) is 8.28. The van der Waals surface area contributed by atoms with Crippen LogP contribution in [0.5, 0.6) is 17.4 Å². The number of pyridine rings is 1. The SMILES string of the molecule is CCOc1ccc(Oc2cccc(Cl)n2)cc1. The van der Waals surface area contributed by atoms with Crippen molar-refractivity contribution in [2.45, 2.75) is 6.92 Å². The Hall–Kier alpha value is -1.74. The van der Waals surface area contributed by atoms with E-state index in [0.29, 0.717) is 23.4 Å². The van der Waals surface area contributed by atoms with E-state index in [2.05, 4.69) is 4.98 Å². The van der Waals surface area contributed by atoms with E-state index in [-0.39, 0.29) is 0 Å². The fourth-order valence-electron chi connectivity index (χ4n) is 1.34. The standard InChI is InChI=1S/C13H12ClNO2/c1-2-16-10-6-8-11(9-7-10)17-13-5-3-4-12(14)15-13/h3-9H,2H2,1H3. The summed E-state index contributed by atoms with van der Waals surface area (Å²) in [7, 11) is 0. The van der Waals surface area contributed by atoms with Crippen LogP contribution >= 0.6 is 11.6 Å². The van der Waals surface area contributed by atoms with E-state index >= 15 is 0 Å². The van der Waals surface area contributed by atoms with E-state index in [0.717, 1.165) is 5.75 Å². The summed E-state index contributed by atoms with van der Waals surface area (Å²) in [5.74, 6) is 1.99. The first kappa shape index (κ1) is 11.7. The molecule has 0 unspecified atom stereocenters. The predicted octanol–water partition coefficient (Wildman–Crippen LogP) is 3.93. The summed E-state index contributed by atoms with van der Waals surface area (Å²) >= 11 is 5.77. The molecule has 0 bridgehead atoms. The lowest BCUT2D eigenvalue weighted by molar-refractivity contribution is 0.339. The lowest BCUT2D eigenvalue weighted by Crippen LogP contribution is -1.91. The largest absolute Gasteiger partial charge is 0.494 e. The lowest BCUT2D eigenvalue weighted by Gasteiger charge is -2.06. The van der Waals surface area contributed by atoms with Crippen LogP contribution in [0, 0.1) is 0 Å². The smallest absolute Gasteiger partial charge is 0.220 e. The van der Waals surface area contributed by atoms with Gasteiger partial charge < -0.3 is 9.47 Å². The van der Waals surface area contributed by atoms with Crippen molar-refractivity contribution in [2.24, 2.45) is 0 Å². The third-order valence-corrected chi connectivity index (χ3v) is 2.26. The summed E-state index contributed by atoms with van der Waals surface area (Å²) in [6.45, 7) is 2.59. The molecule has 17 heavy (non-hydrogen) atoms. The molecule has 0 N–H and O–H groups in total. The van der Waals surface area contributed by atoms with Crippen LogP contribution in [0.25, 0.3) is 0 Å². The molecule has 88 valence electrons. The highest BCUT2D eigenvalue weighted by molar-refractivity contribution is 6.29. The summed E-state index contributed by atoms with van der Waals surface area (Å²) < 4.78 is 10.9. The summed E-state index contributed by atoms with van der Waals surface area (Å²) in [6, 6.07) is 12.6. The van der Waals surface area contributed by atoms with Crippen molar-refractivity contribution in [3.05, 3.63) is 47.6 Å². The van der Waals surface area contributed by atoms with Gasteiger partial charge in [-0.05, 0) is 37.3 Å². The molecule has 3 nitrogen and oxygen atoms in total. The predicted molar refractivity (Wildman–Crippen MR) is 66.9 cm³/mol. The molecule has 0 aliphatic rings. The number of aromatic nitrogens is 1. The minimum atomic E-state index is 0.411. The number of benzene rings is 1. The van der Waals surface area contributed by atoms with Gasteiger partial charge >= 0.3 is 0 Å². The monoisotopic (exact) mass is 249 g/mol. The van der Waals surface area contributed by atoms with E-state index in [9.17, 15) is 0 Å². The maximum absolute atomic E-state index is 5.77. The van der Waals surface area contributed by atoms with Gasteiger partial charge in [0.05, 0.1) is 6.61 Å². The summed E-state index contributed by atoms with van der Waals surface area (Å²) in [5.41, 5.74) is 0. The Labute approximate surface area is 105 Å². The van der Waals surface area contributed by atoms with Gasteiger partial charge in [0.15, 0.2) is 0 Å². The zero-order valence-electron chi connectivity index (χ0n) is 9.39. The first-order valence-corrected chi connectivity index (χ1v) is 5.69. The quantitative estimate of drug-likeness (QED) is 0.770. The van der Waals surface area contributed by atoms with Crippen molar-refractivity contribution in [3.8, 4) is 17.4 Å². The maximum Gasteiger partial charge on any atom is 0.220 e. The van der Waals surface area contributed by atoms with E-state index in [4.69, 9.17) is 21.1 Å². The van der Waals surface area contributed by atoms with Gasteiger partial charge in [-0.25, -0.2) is 4.98 Å². The van der Waals surface area contributed by atoms with Gasteiger partial charge in [0.1, 0.15) is 16.7 Å². The van der Waals surface area contributed by atoms with Crippen molar-refractivity contribution in [3.63, 3.8) is 0 Å². The number of hydrogen-bond acceptors (Lipinski definition) is 3. The summed E-state index contributed by atoms with van der Waals surface area (Å²) in [5, 5.41) is 0.411. The minimum Gasteiger partial charge on any atom is -0.494 e. The van der Waals surface area contributed by atoms with Gasteiger partial charge in [-0.2, -0.15) is 0 Å². The van der Waals surface area contributed by atoms with Crippen molar-refractivity contribution in [2.75, 3.05) is 6.61 Å². The molecule has 0 aliphatic heterocycles. The number of rotatable bonds is 4. The fourth-order valence-corrected chi connectivity index (χ4v) is 1.49. The molecule has 0 fully saturated rings. The van der Waals surface area contributed by atoms with Gasteiger partial charge in [-0.3, -0.25) is 0 Å². The Morgan fingerprint density at radius 1 is 1.06 bits per heavy atom. The highest BCUT2D eigenvalue weighted by atomic mass is 35.5. The normalized spacial score (nSPS) is 10.0. The van der Waals surface area contributed by atoms with Crippen LogP contribution in [0.3, 0.4) is 0 Å². The zero-order valence-corrected chi connectivity index (χ0v) is 10.1. The summed E-state index contributed by atoms with van der Waals surface area (Å²) in [4.78, 5) is 4.04. The molecule has 0 saturated heterocycles. The molecule has 0 amide bonds. The van der Waals surface area contributed by atoms with Gasteiger partial charge in [-0.15, -0.1) is 0 Å². The highest BCUT2D eigenvalue weighted by Gasteiger charge is 2.00. The molecule has 2 rings (SSSR count). The molecule has 0 spiro atoms. The Morgan fingerprint density at radius 3 is 2.41 bits per heavy atom. The van der Waals surface area contributed by atoms with Crippen LogP contribution in [0.15, 0.2) is 42.5 Å². The molecule has 4 heteroatoms. The van der Waals surface area contributed by atoms with Crippen molar-refractivity contribution in [1.82, 2.24) is 4.98 Å². The van der Waals surface area contributed by atoms with Gasteiger partial charge in [0, 0.05) is 6.07 Å². The van der Waals surface area contributed by atoms with Gasteiger partial charge in [0.25, 0.3) is 0 Å². The van der Waals surface area contributed by atoms with Gasteiger partial charge in [-0.1, -0.05) is 17.7 Å². The Bertz CT molecular complexity index is 485. The fraction of sp³-hybridized carbons (Fsp3) is 0.154. The average molecular weight is 250 g/mol. The van der Waals surface area contributed by atoms with Crippen LogP contribution < -0.4 is 9.47 Å². The maximum atomic E-state index is 5.77. The summed E-state index contributed by atoms with van der Waals surface area (Å²) in [6.07, 6.45) is 0. The molecule has 1 aromatic heterocycles. The molecule has 1 heterocycles. The third kappa shape index (κ3) is 3.36. The molecule has 2 aromatic rings. The number of halogens is 1. The highest BCUT2D eigenvalue weighted by Crippen LogP contribution is 2.23. The van der Waals surface area contributed by atoms with Crippen molar-refractivity contribution < 1.29 is 9.47 Å². The van der Waals surface area contributed by atoms with Crippen LogP contribution in [0.1, 0.15) is 6.92 Å². The Balaban J connectivity index is 2.08. The molecule has 0 aliphatic carbocycles. The van der Waals surface area contributed by atoms with Crippen molar-refractivity contribution >= 4 is 11.6 Å². The molecule has 1 aromatic carbocycles. The molecule has 0 atom stereocenters. The first-order valence-electron chi connectivity index (χ1n) is 5.31. The number of nitrogens with zero attached hydrogens (tertiary/aromatic N) is 1. The van der Waals surface area contributed by atoms with Gasteiger partial charge in [0.2, 0.25) is 5.88 Å². The topological polar surface area (TPSA) is 31.4 Å². The lowest BCUT2D eigenvalue weighted by atomic mass is 10.3. The second-order valence-corrected chi connectivity index (χ2v) is 3.69. The van der Waals surface area contributed by atoms with Crippen LogP contribution in [-0.4, -0.2) is 11.6 Å². The number of ether oxygens (including phenoxy) is 2. The van der Waals surface area contributed by atoms with E-state index in [1.807, 2.05) is 31.2 Å². The zero-order chi connectivity index (χ0) is 12.1. The van der Waals surface area contributed by atoms with Crippen LogP contribution in [-0.2, 0) is 0 Å². The molecule has 0 radical (unpaired) electrons. The van der Waals surface area contributed by atoms with E-state index in [1.165, 1.54) is 0 Å². The Morgan fingerprint density at radius 2 is 1.76 bits per heavy atom. The van der Waals surface area contributed by atoms with E-state index < -0.39 is 0 Å². The molecular formula is C13H12ClNO2. The molecule has 0 saturated carbocycles. The third-order valence-electron chi connectivity index (χ3n) is 2.05. The average Bonchev–Trinajstić information content (AvgIpc) is 2.32. The second kappa shape index (κ2) is 5.55. The Kier molecular flexibility index (Phi) is 3.83. The second-order valence-electron chi connectivity index (χ2n) is 3.31. The van der Waals surface area contributed by atoms with Crippen LogP contribution in [0.2, 0.25) is 5.15 Å². The minimum absolute atomic E-state index is 0.411. The van der Waals surface area contributed by atoms with Crippen LogP contribution in [0.4, 0.5) is 0 Å². The van der Waals surface area contributed by atoms with Crippen molar-refractivity contribution in [1.29, 1.82) is 0 Å².